The van der Waals surface area contributed by atoms with Crippen molar-refractivity contribution in [1.82, 2.24) is 15.0 Å². The van der Waals surface area contributed by atoms with E-state index in [1.54, 1.807) is 30.3 Å². The Balaban J connectivity index is 0.00000280. The number of nitrogens with zero attached hydrogens (tertiary/aromatic N) is 3. The van der Waals surface area contributed by atoms with Crippen molar-refractivity contribution in [2.75, 3.05) is 19.5 Å². The number of hydrogen-bond acceptors (Lipinski definition) is 6. The minimum absolute atomic E-state index is 0. The van der Waals surface area contributed by atoms with Crippen LogP contribution >= 0.6 is 12.4 Å². The number of pyridine rings is 1. The minimum atomic E-state index is -4.62. The van der Waals surface area contributed by atoms with Crippen molar-refractivity contribution in [2.24, 2.45) is 0 Å². The molecule has 2 heterocycles. The number of benzene rings is 1. The molecule has 3 aromatic rings. The van der Waals surface area contributed by atoms with Gasteiger partial charge in [0.2, 0.25) is 0 Å². The molecule has 0 atom stereocenters. The normalized spacial score (nSPS) is 10.8. The van der Waals surface area contributed by atoms with Gasteiger partial charge < -0.3 is 14.8 Å². The molecule has 0 spiro atoms. The summed E-state index contributed by atoms with van der Waals surface area (Å²) >= 11 is 0. The third kappa shape index (κ3) is 5.01. The molecule has 0 aliphatic rings. The van der Waals surface area contributed by atoms with Crippen molar-refractivity contribution < 1.29 is 22.6 Å². The Kier molecular flexibility index (Phi) is 6.63. The molecule has 0 radical (unpaired) electrons. The number of aromatic nitrogens is 3. The van der Waals surface area contributed by atoms with Crippen LogP contribution < -0.4 is 14.8 Å². The molecule has 0 unspecified atom stereocenters. The summed E-state index contributed by atoms with van der Waals surface area (Å²) in [6.07, 6.45) is -1.71. The molecule has 0 fully saturated rings. The van der Waals surface area contributed by atoms with E-state index < -0.39 is 11.9 Å². The minimum Gasteiger partial charge on any atom is -0.497 e. The van der Waals surface area contributed by atoms with Gasteiger partial charge in [0.25, 0.3) is 0 Å². The van der Waals surface area contributed by atoms with E-state index in [2.05, 4.69) is 20.3 Å². The van der Waals surface area contributed by atoms with Crippen molar-refractivity contribution in [1.29, 1.82) is 0 Å². The van der Waals surface area contributed by atoms with E-state index in [9.17, 15) is 13.2 Å². The van der Waals surface area contributed by atoms with E-state index >= 15 is 0 Å². The topological polar surface area (TPSA) is 69.2 Å². The van der Waals surface area contributed by atoms with Gasteiger partial charge in [-0.05, 0) is 12.1 Å². The highest BCUT2D eigenvalue weighted by Gasteiger charge is 2.34. The summed E-state index contributed by atoms with van der Waals surface area (Å²) in [4.78, 5) is 11.7. The lowest BCUT2D eigenvalue weighted by Gasteiger charge is -2.13. The summed E-state index contributed by atoms with van der Waals surface area (Å²) in [5, 5.41) is 2.84. The van der Waals surface area contributed by atoms with Crippen LogP contribution in [-0.2, 0) is 6.18 Å². The number of nitrogens with one attached hydrogen (secondary N) is 1. The molecular formula is C18H16ClF3N4O2. The molecule has 10 heteroatoms. The van der Waals surface area contributed by atoms with Crippen LogP contribution in [0.5, 0.6) is 11.5 Å². The SMILES string of the molecule is COc1cc(Nc2cc(C(F)(F)F)nc(-c3cccnc3)n2)cc(OC)c1.Cl. The Morgan fingerprint density at radius 2 is 1.64 bits per heavy atom. The van der Waals surface area contributed by atoms with Crippen molar-refractivity contribution in [3.63, 3.8) is 0 Å². The van der Waals surface area contributed by atoms with Crippen molar-refractivity contribution in [2.45, 2.75) is 6.18 Å². The van der Waals surface area contributed by atoms with Gasteiger partial charge in [0.15, 0.2) is 11.5 Å². The molecule has 1 aromatic carbocycles. The summed E-state index contributed by atoms with van der Waals surface area (Å²) in [7, 11) is 2.96. The average molecular weight is 413 g/mol. The lowest BCUT2D eigenvalue weighted by Crippen LogP contribution is -2.11. The largest absolute Gasteiger partial charge is 0.497 e. The van der Waals surface area contributed by atoms with E-state index in [1.165, 1.54) is 26.6 Å². The molecule has 6 nitrogen and oxygen atoms in total. The summed E-state index contributed by atoms with van der Waals surface area (Å²) in [6, 6.07) is 8.89. The van der Waals surface area contributed by atoms with Crippen LogP contribution in [-0.4, -0.2) is 29.2 Å². The van der Waals surface area contributed by atoms with Crippen LogP contribution in [0.15, 0.2) is 48.8 Å². The molecule has 0 amide bonds. The fourth-order valence-electron chi connectivity index (χ4n) is 2.31. The molecule has 0 saturated heterocycles. The Morgan fingerprint density at radius 3 is 2.18 bits per heavy atom. The molecule has 1 N–H and O–H groups in total. The Labute approximate surface area is 165 Å². The third-order valence-electron chi connectivity index (χ3n) is 3.56. The Hall–Kier alpha value is -3.07. The van der Waals surface area contributed by atoms with E-state index in [0.717, 1.165) is 6.07 Å². The van der Waals surface area contributed by atoms with Gasteiger partial charge in [-0.25, -0.2) is 9.97 Å². The van der Waals surface area contributed by atoms with Gasteiger partial charge in [0.05, 0.1) is 14.2 Å². The monoisotopic (exact) mass is 412 g/mol. The van der Waals surface area contributed by atoms with Gasteiger partial charge in [0, 0.05) is 47.9 Å². The fraction of sp³-hybridized carbons (Fsp3) is 0.167. The van der Waals surface area contributed by atoms with Crippen molar-refractivity contribution >= 4 is 23.9 Å². The van der Waals surface area contributed by atoms with Crippen LogP contribution in [0.1, 0.15) is 5.69 Å². The lowest BCUT2D eigenvalue weighted by molar-refractivity contribution is -0.141. The standard InChI is InChI=1S/C18H15F3N4O2.ClH/c1-26-13-6-12(7-14(8-13)27-2)23-16-9-15(18(19,20)21)24-17(25-16)11-4-3-5-22-10-11;/h3-10H,1-2H3,(H,23,24,25);1H. The molecule has 2 aromatic heterocycles. The number of hydrogen-bond donors (Lipinski definition) is 1. The second kappa shape index (κ2) is 8.75. The number of halogens is 4. The number of rotatable bonds is 5. The number of ether oxygens (including phenoxy) is 2. The lowest BCUT2D eigenvalue weighted by atomic mass is 10.2. The predicted molar refractivity (Wildman–Crippen MR) is 100 cm³/mol. The van der Waals surface area contributed by atoms with Gasteiger partial charge in [-0.2, -0.15) is 13.2 Å². The molecular weight excluding hydrogens is 397 g/mol. The molecule has 28 heavy (non-hydrogen) atoms. The van der Waals surface area contributed by atoms with Crippen LogP contribution in [0.2, 0.25) is 0 Å². The quantitative estimate of drug-likeness (QED) is 0.652. The molecule has 0 aliphatic carbocycles. The first-order valence-corrected chi connectivity index (χ1v) is 7.76. The van der Waals surface area contributed by atoms with Gasteiger partial charge in [-0.15, -0.1) is 12.4 Å². The summed E-state index contributed by atoms with van der Waals surface area (Å²) < 4.78 is 50.1. The maximum Gasteiger partial charge on any atom is 0.433 e. The number of methoxy groups -OCH3 is 2. The zero-order valence-corrected chi connectivity index (χ0v) is 15.6. The highest BCUT2D eigenvalue weighted by Crippen LogP contribution is 2.32. The fourth-order valence-corrected chi connectivity index (χ4v) is 2.31. The summed E-state index contributed by atoms with van der Waals surface area (Å²) in [6.45, 7) is 0. The van der Waals surface area contributed by atoms with Crippen LogP contribution in [0.3, 0.4) is 0 Å². The molecule has 0 saturated carbocycles. The summed E-state index contributed by atoms with van der Waals surface area (Å²) in [5.74, 6) is 0.852. The molecule has 0 aliphatic heterocycles. The average Bonchev–Trinajstić information content (AvgIpc) is 2.67. The van der Waals surface area contributed by atoms with E-state index in [-0.39, 0.29) is 24.0 Å². The zero-order chi connectivity index (χ0) is 19.4. The zero-order valence-electron chi connectivity index (χ0n) is 14.8. The first kappa shape index (κ1) is 21.2. The van der Waals surface area contributed by atoms with Gasteiger partial charge >= 0.3 is 6.18 Å². The van der Waals surface area contributed by atoms with Crippen molar-refractivity contribution in [3.8, 4) is 22.9 Å². The van der Waals surface area contributed by atoms with E-state index in [4.69, 9.17) is 9.47 Å². The first-order chi connectivity index (χ1) is 12.9. The van der Waals surface area contributed by atoms with Gasteiger partial charge in [0.1, 0.15) is 17.3 Å². The highest BCUT2D eigenvalue weighted by molar-refractivity contribution is 5.85. The van der Waals surface area contributed by atoms with E-state index in [1.807, 2.05) is 0 Å². The number of anilines is 2. The maximum absolute atomic E-state index is 13.3. The first-order valence-electron chi connectivity index (χ1n) is 7.76. The second-order valence-corrected chi connectivity index (χ2v) is 5.43. The van der Waals surface area contributed by atoms with Crippen LogP contribution in [0.25, 0.3) is 11.4 Å². The second-order valence-electron chi connectivity index (χ2n) is 5.43. The smallest absolute Gasteiger partial charge is 0.433 e. The molecule has 0 bridgehead atoms. The summed E-state index contributed by atoms with van der Waals surface area (Å²) in [5.41, 5.74) is -0.237. The Bertz CT molecular complexity index is 918. The Morgan fingerprint density at radius 1 is 0.964 bits per heavy atom. The van der Waals surface area contributed by atoms with Crippen molar-refractivity contribution in [3.05, 3.63) is 54.5 Å². The predicted octanol–water partition coefficient (Wildman–Crippen LogP) is 4.74. The number of alkyl halides is 3. The van der Waals surface area contributed by atoms with E-state index in [0.29, 0.717) is 22.7 Å². The van der Waals surface area contributed by atoms with Gasteiger partial charge in [-0.1, -0.05) is 0 Å². The van der Waals surface area contributed by atoms with Crippen LogP contribution in [0.4, 0.5) is 24.7 Å². The highest BCUT2D eigenvalue weighted by atomic mass is 35.5. The van der Waals surface area contributed by atoms with Gasteiger partial charge in [-0.3, -0.25) is 4.98 Å². The van der Waals surface area contributed by atoms with Crippen LogP contribution in [0, 0.1) is 0 Å². The molecule has 3 rings (SSSR count). The molecule has 148 valence electrons. The third-order valence-corrected chi connectivity index (χ3v) is 3.56. The maximum atomic E-state index is 13.3.